The minimum atomic E-state index is -1.07. The fraction of sp³-hybridized carbons (Fsp3) is 0.360. The van der Waals surface area contributed by atoms with Gasteiger partial charge in [-0.3, -0.25) is 14.4 Å². The van der Waals surface area contributed by atoms with Crippen LogP contribution in [0.5, 0.6) is 0 Å². The summed E-state index contributed by atoms with van der Waals surface area (Å²) in [5, 5.41) is 7.63. The number of fused-ring (bicyclic) bond motifs is 3. The summed E-state index contributed by atoms with van der Waals surface area (Å²) >= 11 is 0. The molecule has 2 aliphatic carbocycles. The van der Waals surface area contributed by atoms with Gasteiger partial charge in [0.1, 0.15) is 24.7 Å². The van der Waals surface area contributed by atoms with Crippen LogP contribution in [0.15, 0.2) is 48.5 Å². The van der Waals surface area contributed by atoms with E-state index in [1.165, 1.54) is 14.0 Å². The van der Waals surface area contributed by atoms with E-state index in [1.807, 2.05) is 36.4 Å². The Hall–Kier alpha value is -3.88. The molecule has 0 heterocycles. The van der Waals surface area contributed by atoms with Gasteiger partial charge < -0.3 is 25.4 Å². The second kappa shape index (κ2) is 9.54. The van der Waals surface area contributed by atoms with Gasteiger partial charge in [0.2, 0.25) is 11.8 Å². The zero-order valence-electron chi connectivity index (χ0n) is 19.1. The van der Waals surface area contributed by atoms with Crippen molar-refractivity contribution in [2.75, 3.05) is 20.3 Å². The molecule has 2 aromatic carbocycles. The summed E-state index contributed by atoms with van der Waals surface area (Å²) in [4.78, 5) is 48.5. The molecule has 1 saturated carbocycles. The first-order valence-electron chi connectivity index (χ1n) is 11.1. The van der Waals surface area contributed by atoms with Crippen molar-refractivity contribution in [3.8, 4) is 11.1 Å². The average Bonchev–Trinajstić information content (AvgIpc) is 3.56. The molecule has 9 nitrogen and oxygen atoms in total. The number of alkyl carbamates (subject to hydrolysis) is 1. The maximum atomic E-state index is 12.6. The van der Waals surface area contributed by atoms with Gasteiger partial charge in [-0.2, -0.15) is 0 Å². The smallest absolute Gasteiger partial charge is 0.407 e. The van der Waals surface area contributed by atoms with Crippen molar-refractivity contribution in [1.82, 2.24) is 16.0 Å². The summed E-state index contributed by atoms with van der Waals surface area (Å²) in [6.45, 7) is 1.37. The van der Waals surface area contributed by atoms with E-state index in [9.17, 15) is 19.2 Å². The summed E-state index contributed by atoms with van der Waals surface area (Å²) in [5.74, 6) is -1.64. The molecule has 0 spiro atoms. The molecule has 0 aliphatic heterocycles. The topological polar surface area (TPSA) is 123 Å². The SMILES string of the molecule is COC(=O)CNC(=O)C1(NC(=O)C(C)NC(=O)OCC2c3ccccc3-c3ccccc32)CC1. The lowest BCUT2D eigenvalue weighted by Crippen LogP contribution is -2.55. The van der Waals surface area contributed by atoms with Crippen molar-refractivity contribution in [2.45, 2.75) is 37.3 Å². The first kappa shape index (κ1) is 23.3. The molecule has 9 heteroatoms. The highest BCUT2D eigenvalue weighted by Crippen LogP contribution is 2.44. The lowest BCUT2D eigenvalue weighted by atomic mass is 9.98. The second-order valence-electron chi connectivity index (χ2n) is 8.52. The van der Waals surface area contributed by atoms with Gasteiger partial charge in [-0.15, -0.1) is 0 Å². The molecule has 34 heavy (non-hydrogen) atoms. The van der Waals surface area contributed by atoms with Gasteiger partial charge in [0.05, 0.1) is 7.11 Å². The van der Waals surface area contributed by atoms with Crippen LogP contribution in [-0.2, 0) is 23.9 Å². The number of esters is 1. The van der Waals surface area contributed by atoms with Gasteiger partial charge in [0.15, 0.2) is 0 Å². The van der Waals surface area contributed by atoms with Crippen LogP contribution in [0.2, 0.25) is 0 Å². The van der Waals surface area contributed by atoms with Gasteiger partial charge in [0.25, 0.3) is 0 Å². The van der Waals surface area contributed by atoms with Crippen LogP contribution in [0, 0.1) is 0 Å². The Bertz CT molecular complexity index is 1080. The fourth-order valence-corrected chi connectivity index (χ4v) is 4.15. The Kier molecular flexibility index (Phi) is 6.54. The van der Waals surface area contributed by atoms with Crippen molar-refractivity contribution >= 4 is 23.9 Å². The Morgan fingerprint density at radius 2 is 1.59 bits per heavy atom. The molecule has 0 radical (unpaired) electrons. The third kappa shape index (κ3) is 4.73. The molecular weight excluding hydrogens is 438 g/mol. The molecule has 178 valence electrons. The van der Waals surface area contributed by atoms with Crippen molar-refractivity contribution < 1.29 is 28.7 Å². The standard InChI is InChI=1S/C25H27N3O6/c1-15(22(30)28-25(11-12-25)23(31)26-13-21(29)33-2)27-24(32)34-14-20-18-9-5-3-7-16(18)17-8-4-6-10-19(17)20/h3-10,15,20H,11-14H2,1-2H3,(H,26,31)(H,27,32)(H,28,30). The number of amides is 3. The number of carbonyl (C=O) groups is 4. The first-order chi connectivity index (χ1) is 16.3. The molecule has 0 bridgehead atoms. The van der Waals surface area contributed by atoms with E-state index < -0.39 is 35.5 Å². The van der Waals surface area contributed by atoms with Crippen LogP contribution in [0.4, 0.5) is 4.79 Å². The molecule has 1 atom stereocenters. The van der Waals surface area contributed by atoms with E-state index in [4.69, 9.17) is 4.74 Å². The van der Waals surface area contributed by atoms with Gasteiger partial charge >= 0.3 is 12.1 Å². The average molecular weight is 466 g/mol. The molecule has 3 amide bonds. The van der Waals surface area contributed by atoms with Crippen LogP contribution in [0.1, 0.15) is 36.8 Å². The van der Waals surface area contributed by atoms with Crippen molar-refractivity contribution in [1.29, 1.82) is 0 Å². The highest BCUT2D eigenvalue weighted by atomic mass is 16.5. The van der Waals surface area contributed by atoms with Gasteiger partial charge in [-0.1, -0.05) is 48.5 Å². The highest BCUT2D eigenvalue weighted by molar-refractivity contribution is 5.97. The zero-order valence-corrected chi connectivity index (χ0v) is 19.1. The van der Waals surface area contributed by atoms with Crippen molar-refractivity contribution in [3.05, 3.63) is 59.7 Å². The van der Waals surface area contributed by atoms with Crippen LogP contribution in [-0.4, -0.2) is 55.7 Å². The van der Waals surface area contributed by atoms with Gasteiger partial charge in [0, 0.05) is 5.92 Å². The lowest BCUT2D eigenvalue weighted by Gasteiger charge is -2.21. The number of methoxy groups -OCH3 is 1. The first-order valence-corrected chi connectivity index (χ1v) is 11.1. The Morgan fingerprint density at radius 3 is 2.15 bits per heavy atom. The maximum absolute atomic E-state index is 12.6. The van der Waals surface area contributed by atoms with Crippen LogP contribution in [0.3, 0.4) is 0 Å². The number of hydrogen-bond acceptors (Lipinski definition) is 6. The normalized spacial score (nSPS) is 15.8. The van der Waals surface area contributed by atoms with E-state index in [0.717, 1.165) is 22.3 Å². The zero-order chi connectivity index (χ0) is 24.3. The summed E-state index contributed by atoms with van der Waals surface area (Å²) in [5.41, 5.74) is 3.37. The maximum Gasteiger partial charge on any atom is 0.407 e. The lowest BCUT2D eigenvalue weighted by molar-refractivity contribution is -0.141. The van der Waals surface area contributed by atoms with Crippen LogP contribution in [0.25, 0.3) is 11.1 Å². The van der Waals surface area contributed by atoms with E-state index in [1.54, 1.807) is 0 Å². The number of hydrogen-bond donors (Lipinski definition) is 3. The molecular formula is C25H27N3O6. The van der Waals surface area contributed by atoms with Gasteiger partial charge in [-0.25, -0.2) is 4.79 Å². The fourth-order valence-electron chi connectivity index (χ4n) is 4.15. The quantitative estimate of drug-likeness (QED) is 0.512. The predicted octanol–water partition coefficient (Wildman–Crippen LogP) is 1.85. The number of rotatable bonds is 8. The molecule has 4 rings (SSSR count). The third-order valence-electron chi connectivity index (χ3n) is 6.24. The molecule has 0 saturated heterocycles. The molecule has 2 aromatic rings. The minimum Gasteiger partial charge on any atom is -0.468 e. The van der Waals surface area contributed by atoms with Crippen LogP contribution >= 0.6 is 0 Å². The van der Waals surface area contributed by atoms with Crippen molar-refractivity contribution in [2.24, 2.45) is 0 Å². The molecule has 3 N–H and O–H groups in total. The monoisotopic (exact) mass is 465 g/mol. The predicted molar refractivity (Wildman–Crippen MR) is 123 cm³/mol. The molecule has 2 aliphatic rings. The number of carbonyl (C=O) groups excluding carboxylic acids is 4. The number of benzene rings is 2. The van der Waals surface area contributed by atoms with E-state index >= 15 is 0 Å². The largest absolute Gasteiger partial charge is 0.468 e. The summed E-state index contributed by atoms with van der Waals surface area (Å²) < 4.78 is 9.96. The van der Waals surface area contributed by atoms with E-state index in [0.29, 0.717) is 12.8 Å². The highest BCUT2D eigenvalue weighted by Gasteiger charge is 2.51. The Balaban J connectivity index is 1.30. The summed E-state index contributed by atoms with van der Waals surface area (Å²) in [6.07, 6.45) is 0.178. The van der Waals surface area contributed by atoms with Crippen molar-refractivity contribution in [3.63, 3.8) is 0 Å². The Morgan fingerprint density at radius 1 is 1.00 bits per heavy atom. The van der Waals surface area contributed by atoms with E-state index in [-0.39, 0.29) is 19.1 Å². The molecule has 1 fully saturated rings. The number of ether oxygens (including phenoxy) is 2. The third-order valence-corrected chi connectivity index (χ3v) is 6.24. The molecule has 0 aromatic heterocycles. The van der Waals surface area contributed by atoms with E-state index in [2.05, 4.69) is 32.8 Å². The number of nitrogens with one attached hydrogen (secondary N) is 3. The molecule has 1 unspecified atom stereocenters. The Labute approximate surface area is 197 Å². The van der Waals surface area contributed by atoms with Gasteiger partial charge in [-0.05, 0) is 42.0 Å². The van der Waals surface area contributed by atoms with Crippen LogP contribution < -0.4 is 16.0 Å². The summed E-state index contributed by atoms with van der Waals surface area (Å²) in [7, 11) is 1.22. The summed E-state index contributed by atoms with van der Waals surface area (Å²) in [6, 6.07) is 15.1. The second-order valence-corrected chi connectivity index (χ2v) is 8.52. The minimum absolute atomic E-state index is 0.0875.